The van der Waals surface area contributed by atoms with E-state index < -0.39 is 0 Å². The molecule has 0 saturated carbocycles. The van der Waals surface area contributed by atoms with Gasteiger partial charge in [-0.25, -0.2) is 9.97 Å². The van der Waals surface area contributed by atoms with Crippen LogP contribution in [0.25, 0.3) is 0 Å². The molecule has 5 nitrogen and oxygen atoms in total. The Labute approximate surface area is 97.1 Å². The lowest BCUT2D eigenvalue weighted by molar-refractivity contribution is 0.102. The maximum Gasteiger partial charge on any atom is 0.277 e. The number of carbonyl (C=O) groups is 1. The summed E-state index contributed by atoms with van der Waals surface area (Å²) in [5.74, 6) is 0.000944. The average molecular weight is 237 g/mol. The number of anilines is 1. The van der Waals surface area contributed by atoms with Crippen LogP contribution in [0.5, 0.6) is 0 Å². The number of hydrogen-bond donors (Lipinski definition) is 1. The Morgan fingerprint density at radius 1 is 1.50 bits per heavy atom. The summed E-state index contributed by atoms with van der Waals surface area (Å²) < 4.78 is 1.69. The number of hydrogen-bond acceptors (Lipinski definition) is 3. The summed E-state index contributed by atoms with van der Waals surface area (Å²) in [5, 5.41) is 2.98. The molecule has 6 heteroatoms. The summed E-state index contributed by atoms with van der Waals surface area (Å²) in [4.78, 5) is 19.6. The van der Waals surface area contributed by atoms with Crippen LogP contribution < -0.4 is 5.32 Å². The number of pyridine rings is 1. The molecule has 0 bridgehead atoms. The van der Waals surface area contributed by atoms with E-state index in [-0.39, 0.29) is 5.91 Å². The number of rotatable bonds is 2. The Balaban J connectivity index is 2.17. The molecule has 0 atom stereocenters. The van der Waals surface area contributed by atoms with Crippen molar-refractivity contribution in [1.82, 2.24) is 14.5 Å². The number of aryl methyl sites for hydroxylation is 1. The van der Waals surface area contributed by atoms with Gasteiger partial charge in [-0.2, -0.15) is 0 Å². The summed E-state index contributed by atoms with van der Waals surface area (Å²) in [5.41, 5.74) is 0.323. The van der Waals surface area contributed by atoms with Gasteiger partial charge in [-0.1, -0.05) is 11.6 Å². The van der Waals surface area contributed by atoms with Gasteiger partial charge in [-0.05, 0) is 12.1 Å². The molecule has 0 aliphatic rings. The highest BCUT2D eigenvalue weighted by Crippen LogP contribution is 2.17. The molecule has 16 heavy (non-hydrogen) atoms. The maximum atomic E-state index is 11.7. The highest BCUT2D eigenvalue weighted by molar-refractivity contribution is 6.33. The fourth-order valence-electron chi connectivity index (χ4n) is 1.18. The molecule has 2 aromatic heterocycles. The molecule has 1 amide bonds. The first-order valence-corrected chi connectivity index (χ1v) is 4.94. The molecule has 2 rings (SSSR count). The smallest absolute Gasteiger partial charge is 0.277 e. The van der Waals surface area contributed by atoms with Crippen LogP contribution in [0.2, 0.25) is 5.02 Å². The fourth-order valence-corrected chi connectivity index (χ4v) is 1.35. The van der Waals surface area contributed by atoms with E-state index in [1.54, 1.807) is 42.5 Å². The molecule has 1 N–H and O–H groups in total. The molecule has 2 aromatic rings. The first-order valence-electron chi connectivity index (χ1n) is 4.56. The van der Waals surface area contributed by atoms with Crippen LogP contribution >= 0.6 is 11.6 Å². The van der Waals surface area contributed by atoms with Crippen LogP contribution in [0, 0.1) is 0 Å². The minimum Gasteiger partial charge on any atom is -0.340 e. The fraction of sp³-hybridized carbons (Fsp3) is 0.100. The first kappa shape index (κ1) is 10.6. The molecule has 0 spiro atoms. The number of nitrogens with one attached hydrogen (secondary N) is 1. The number of halogens is 1. The SMILES string of the molecule is Cn1cnc(C(=O)Nc2ncccc2Cl)c1. The van der Waals surface area contributed by atoms with E-state index in [1.165, 1.54) is 0 Å². The van der Waals surface area contributed by atoms with E-state index in [9.17, 15) is 4.79 Å². The average Bonchev–Trinajstić information content (AvgIpc) is 2.68. The van der Waals surface area contributed by atoms with Crippen LogP contribution in [-0.4, -0.2) is 20.4 Å². The van der Waals surface area contributed by atoms with Gasteiger partial charge in [-0.15, -0.1) is 0 Å². The number of imidazole rings is 1. The Kier molecular flexibility index (Phi) is 2.87. The predicted molar refractivity (Wildman–Crippen MR) is 60.4 cm³/mol. The molecule has 82 valence electrons. The molecule has 0 aromatic carbocycles. The number of aromatic nitrogens is 3. The second kappa shape index (κ2) is 4.32. The summed E-state index contributed by atoms with van der Waals surface area (Å²) >= 11 is 5.86. The zero-order valence-electron chi connectivity index (χ0n) is 8.51. The van der Waals surface area contributed by atoms with Gasteiger partial charge in [0.25, 0.3) is 5.91 Å². The monoisotopic (exact) mass is 236 g/mol. The molecule has 2 heterocycles. The number of nitrogens with zero attached hydrogens (tertiary/aromatic N) is 3. The summed E-state index contributed by atoms with van der Waals surface area (Å²) in [6.07, 6.45) is 4.72. The van der Waals surface area contributed by atoms with Crippen molar-refractivity contribution in [3.8, 4) is 0 Å². The van der Waals surface area contributed by atoms with Crippen molar-refractivity contribution in [1.29, 1.82) is 0 Å². The van der Waals surface area contributed by atoms with Crippen molar-refractivity contribution in [2.24, 2.45) is 7.05 Å². The second-order valence-corrected chi connectivity index (χ2v) is 3.62. The Hall–Kier alpha value is -1.88. The minimum atomic E-state index is -0.332. The van der Waals surface area contributed by atoms with Crippen molar-refractivity contribution in [2.75, 3.05) is 5.32 Å². The van der Waals surface area contributed by atoms with Crippen molar-refractivity contribution >= 4 is 23.3 Å². The molecule has 0 saturated heterocycles. The van der Waals surface area contributed by atoms with E-state index in [1.807, 2.05) is 0 Å². The Morgan fingerprint density at radius 2 is 2.31 bits per heavy atom. The minimum absolute atomic E-state index is 0.323. The van der Waals surface area contributed by atoms with Gasteiger partial charge in [0.2, 0.25) is 0 Å². The van der Waals surface area contributed by atoms with Crippen LogP contribution in [0.15, 0.2) is 30.9 Å². The number of carbonyl (C=O) groups excluding carboxylic acids is 1. The van der Waals surface area contributed by atoms with E-state index in [2.05, 4.69) is 15.3 Å². The van der Waals surface area contributed by atoms with Gasteiger partial charge in [0.05, 0.1) is 11.3 Å². The largest absolute Gasteiger partial charge is 0.340 e. The summed E-state index contributed by atoms with van der Waals surface area (Å²) in [7, 11) is 1.79. The summed E-state index contributed by atoms with van der Waals surface area (Å²) in [6.45, 7) is 0. The second-order valence-electron chi connectivity index (χ2n) is 3.21. The van der Waals surface area contributed by atoms with E-state index in [0.29, 0.717) is 16.5 Å². The van der Waals surface area contributed by atoms with Gasteiger partial charge in [0.1, 0.15) is 5.69 Å². The standard InChI is InChI=1S/C10H9ClN4O/c1-15-5-8(13-6-15)10(16)14-9-7(11)3-2-4-12-9/h2-6H,1H3,(H,12,14,16). The van der Waals surface area contributed by atoms with E-state index in [4.69, 9.17) is 11.6 Å². The number of amides is 1. The van der Waals surface area contributed by atoms with Crippen LogP contribution in [0.1, 0.15) is 10.5 Å². The molecule has 0 fully saturated rings. The zero-order valence-corrected chi connectivity index (χ0v) is 9.27. The summed E-state index contributed by atoms with van der Waals surface area (Å²) in [6, 6.07) is 3.35. The molecular formula is C10H9ClN4O. The van der Waals surface area contributed by atoms with Crippen molar-refractivity contribution in [3.63, 3.8) is 0 Å². The van der Waals surface area contributed by atoms with Gasteiger partial charge in [0.15, 0.2) is 5.82 Å². The normalized spacial score (nSPS) is 10.1. The predicted octanol–water partition coefficient (Wildman–Crippen LogP) is 1.72. The van der Waals surface area contributed by atoms with Crippen molar-refractivity contribution in [3.05, 3.63) is 41.6 Å². The molecule has 0 unspecified atom stereocenters. The van der Waals surface area contributed by atoms with Gasteiger partial charge < -0.3 is 9.88 Å². The molecule has 0 aliphatic carbocycles. The third kappa shape index (κ3) is 2.20. The van der Waals surface area contributed by atoms with Crippen molar-refractivity contribution in [2.45, 2.75) is 0 Å². The van der Waals surface area contributed by atoms with Crippen LogP contribution in [0.3, 0.4) is 0 Å². The molecular weight excluding hydrogens is 228 g/mol. The Morgan fingerprint density at radius 3 is 2.94 bits per heavy atom. The zero-order chi connectivity index (χ0) is 11.5. The maximum absolute atomic E-state index is 11.7. The third-order valence-electron chi connectivity index (χ3n) is 1.93. The third-order valence-corrected chi connectivity index (χ3v) is 2.23. The lowest BCUT2D eigenvalue weighted by Crippen LogP contribution is -2.13. The van der Waals surface area contributed by atoms with E-state index >= 15 is 0 Å². The van der Waals surface area contributed by atoms with Gasteiger partial charge >= 0.3 is 0 Å². The topological polar surface area (TPSA) is 59.8 Å². The van der Waals surface area contributed by atoms with Gasteiger partial charge in [-0.3, -0.25) is 4.79 Å². The lowest BCUT2D eigenvalue weighted by atomic mass is 10.4. The lowest BCUT2D eigenvalue weighted by Gasteiger charge is -2.03. The molecule has 0 aliphatic heterocycles. The van der Waals surface area contributed by atoms with E-state index in [0.717, 1.165) is 0 Å². The van der Waals surface area contributed by atoms with Crippen LogP contribution in [0.4, 0.5) is 5.82 Å². The van der Waals surface area contributed by atoms with Crippen molar-refractivity contribution < 1.29 is 4.79 Å². The highest BCUT2D eigenvalue weighted by Gasteiger charge is 2.11. The molecule has 0 radical (unpaired) electrons. The Bertz CT molecular complexity index is 523. The first-order chi connectivity index (χ1) is 7.66. The van der Waals surface area contributed by atoms with Gasteiger partial charge in [0, 0.05) is 19.4 Å². The van der Waals surface area contributed by atoms with Crippen LogP contribution in [-0.2, 0) is 7.05 Å². The quantitative estimate of drug-likeness (QED) is 0.864. The highest BCUT2D eigenvalue weighted by atomic mass is 35.5.